The third-order valence-corrected chi connectivity index (χ3v) is 8.37. The normalized spacial score (nSPS) is 13.8. The van der Waals surface area contributed by atoms with E-state index in [1.165, 1.54) is 6.42 Å². The number of carbonyl (C=O) groups is 2. The number of carbonyl (C=O) groups excluding carboxylic acids is 2. The highest BCUT2D eigenvalue weighted by Crippen LogP contribution is 2.44. The molecule has 0 bridgehead atoms. The third-order valence-electron chi connectivity index (χ3n) is 8.37. The molecule has 0 aliphatic heterocycles. The summed E-state index contributed by atoms with van der Waals surface area (Å²) in [4.78, 5) is 28.9. The van der Waals surface area contributed by atoms with E-state index in [1.54, 1.807) is 24.3 Å². The van der Waals surface area contributed by atoms with Crippen LogP contribution in [0, 0.1) is 0 Å². The standard InChI is InChI=1S/C38H31NO3/c40-35(25-14-4-1-5-15-25)33-34(36(41)26-16-6-2-7-17-26)38(39-29-20-8-3-9-21-29)42-37(33)32-30-22-12-10-18-27(30)24-28-19-11-13-23-31(28)32/h1-2,4-7,10-19,22-24,29,39H,3,8-9,20-21H2. The Kier molecular flexibility index (Phi) is 6.89. The van der Waals surface area contributed by atoms with Gasteiger partial charge in [-0.15, -0.1) is 0 Å². The Hall–Kier alpha value is -4.96. The maximum Gasteiger partial charge on any atom is 0.205 e. The lowest BCUT2D eigenvalue weighted by Gasteiger charge is -2.23. The number of hydrogen-bond donors (Lipinski definition) is 1. The van der Waals surface area contributed by atoms with Gasteiger partial charge in [0.05, 0.1) is 11.1 Å². The van der Waals surface area contributed by atoms with Crippen molar-refractivity contribution >= 4 is 39.0 Å². The van der Waals surface area contributed by atoms with Crippen LogP contribution in [0.3, 0.4) is 0 Å². The lowest BCUT2D eigenvalue weighted by molar-refractivity contribution is 0.100. The Morgan fingerprint density at radius 2 is 1.10 bits per heavy atom. The van der Waals surface area contributed by atoms with Crippen LogP contribution in [0.15, 0.2) is 120 Å². The van der Waals surface area contributed by atoms with Crippen LogP contribution < -0.4 is 5.32 Å². The molecule has 1 aromatic heterocycles. The molecule has 0 spiro atoms. The van der Waals surface area contributed by atoms with Crippen molar-refractivity contribution in [2.45, 2.75) is 38.1 Å². The first-order chi connectivity index (χ1) is 20.7. The molecule has 1 aliphatic rings. The molecule has 0 unspecified atom stereocenters. The molecule has 42 heavy (non-hydrogen) atoms. The van der Waals surface area contributed by atoms with Gasteiger partial charge in [-0.3, -0.25) is 9.59 Å². The van der Waals surface area contributed by atoms with E-state index in [-0.39, 0.29) is 17.6 Å². The second kappa shape index (κ2) is 11.1. The van der Waals surface area contributed by atoms with Crippen LogP contribution in [0.2, 0.25) is 0 Å². The molecule has 0 radical (unpaired) electrons. The minimum atomic E-state index is -0.234. The quantitative estimate of drug-likeness (QED) is 0.159. The molecule has 5 aromatic carbocycles. The van der Waals surface area contributed by atoms with E-state index < -0.39 is 0 Å². The SMILES string of the molecule is O=C(c1ccccc1)c1c(NC2CCCCC2)oc(-c2c3ccccc3cc3ccccc23)c1C(=O)c1ccccc1. The summed E-state index contributed by atoms with van der Waals surface area (Å²) in [5, 5.41) is 7.61. The molecule has 0 atom stereocenters. The van der Waals surface area contributed by atoms with E-state index in [1.807, 2.05) is 60.7 Å². The maximum atomic E-state index is 14.5. The van der Waals surface area contributed by atoms with Crippen molar-refractivity contribution in [2.24, 2.45) is 0 Å². The van der Waals surface area contributed by atoms with Gasteiger partial charge in [0, 0.05) is 22.7 Å². The Morgan fingerprint density at radius 3 is 1.67 bits per heavy atom. The third kappa shape index (κ3) is 4.69. The molecule has 4 nitrogen and oxygen atoms in total. The highest BCUT2D eigenvalue weighted by Gasteiger charge is 2.34. The first kappa shape index (κ1) is 26.0. The minimum Gasteiger partial charge on any atom is -0.439 e. The van der Waals surface area contributed by atoms with Crippen LogP contribution in [0.4, 0.5) is 5.88 Å². The van der Waals surface area contributed by atoms with Crippen LogP contribution in [0.5, 0.6) is 0 Å². The van der Waals surface area contributed by atoms with E-state index in [0.29, 0.717) is 33.9 Å². The largest absolute Gasteiger partial charge is 0.439 e. The van der Waals surface area contributed by atoms with Gasteiger partial charge in [-0.2, -0.15) is 0 Å². The minimum absolute atomic E-state index is 0.170. The lowest BCUT2D eigenvalue weighted by atomic mass is 9.89. The van der Waals surface area contributed by atoms with Gasteiger partial charge < -0.3 is 9.73 Å². The molecule has 1 aliphatic carbocycles. The Bertz CT molecular complexity index is 1860. The highest BCUT2D eigenvalue weighted by atomic mass is 16.4. The number of furan rings is 1. The van der Waals surface area contributed by atoms with Crippen LogP contribution in [-0.4, -0.2) is 17.6 Å². The number of rotatable bonds is 7. The van der Waals surface area contributed by atoms with E-state index in [0.717, 1.165) is 52.8 Å². The molecule has 6 aromatic rings. The maximum absolute atomic E-state index is 14.5. The van der Waals surface area contributed by atoms with Gasteiger partial charge in [0.25, 0.3) is 0 Å². The van der Waals surface area contributed by atoms with Crippen LogP contribution in [0.1, 0.15) is 63.9 Å². The van der Waals surface area contributed by atoms with Gasteiger partial charge in [-0.1, -0.05) is 128 Å². The summed E-state index contributed by atoms with van der Waals surface area (Å²) in [5.41, 5.74) is 2.45. The predicted molar refractivity (Wildman–Crippen MR) is 169 cm³/mol. The first-order valence-corrected chi connectivity index (χ1v) is 14.7. The summed E-state index contributed by atoms with van der Waals surface area (Å²) < 4.78 is 6.78. The van der Waals surface area contributed by atoms with Crippen molar-refractivity contribution in [3.8, 4) is 11.3 Å². The number of nitrogens with one attached hydrogen (secondary N) is 1. The van der Waals surface area contributed by atoms with Crippen molar-refractivity contribution in [1.29, 1.82) is 0 Å². The fraction of sp³-hybridized carbons (Fsp3) is 0.158. The zero-order chi connectivity index (χ0) is 28.5. The van der Waals surface area contributed by atoms with Gasteiger partial charge >= 0.3 is 0 Å². The van der Waals surface area contributed by atoms with Gasteiger partial charge in [0.1, 0.15) is 5.76 Å². The molecule has 1 heterocycles. The van der Waals surface area contributed by atoms with Crippen molar-refractivity contribution in [3.05, 3.63) is 138 Å². The van der Waals surface area contributed by atoms with Crippen molar-refractivity contribution in [3.63, 3.8) is 0 Å². The molecule has 1 saturated carbocycles. The monoisotopic (exact) mass is 549 g/mol. The summed E-state index contributed by atoms with van der Waals surface area (Å²) >= 11 is 0. The Morgan fingerprint density at radius 1 is 0.595 bits per heavy atom. The van der Waals surface area contributed by atoms with Gasteiger partial charge in [0.15, 0.2) is 11.6 Å². The van der Waals surface area contributed by atoms with Gasteiger partial charge in [-0.25, -0.2) is 0 Å². The van der Waals surface area contributed by atoms with Crippen LogP contribution in [-0.2, 0) is 0 Å². The molecule has 1 N–H and O–H groups in total. The van der Waals surface area contributed by atoms with Crippen molar-refractivity contribution < 1.29 is 14.0 Å². The Labute approximate surface area is 245 Å². The molecule has 4 heteroatoms. The fourth-order valence-electron chi connectivity index (χ4n) is 6.30. The topological polar surface area (TPSA) is 59.3 Å². The molecule has 1 fully saturated rings. The number of hydrogen-bond acceptors (Lipinski definition) is 4. The van der Waals surface area contributed by atoms with Crippen molar-refractivity contribution in [1.82, 2.24) is 0 Å². The Balaban J connectivity index is 1.56. The molecule has 7 rings (SSSR count). The number of benzene rings is 5. The van der Waals surface area contributed by atoms with E-state index in [9.17, 15) is 9.59 Å². The average molecular weight is 550 g/mol. The molecule has 0 saturated heterocycles. The average Bonchev–Trinajstić information content (AvgIpc) is 3.42. The van der Waals surface area contributed by atoms with Gasteiger partial charge in [0.2, 0.25) is 5.88 Å². The van der Waals surface area contributed by atoms with Crippen molar-refractivity contribution in [2.75, 3.05) is 5.32 Å². The van der Waals surface area contributed by atoms with Crippen LogP contribution >= 0.6 is 0 Å². The summed E-state index contributed by atoms with van der Waals surface area (Å²) in [7, 11) is 0. The molecular formula is C38H31NO3. The molecule has 206 valence electrons. The second-order valence-corrected chi connectivity index (χ2v) is 11.1. The molecule has 0 amide bonds. The van der Waals surface area contributed by atoms with E-state index in [2.05, 4.69) is 35.6 Å². The number of anilines is 1. The van der Waals surface area contributed by atoms with Crippen LogP contribution in [0.25, 0.3) is 32.9 Å². The molecular weight excluding hydrogens is 518 g/mol. The smallest absolute Gasteiger partial charge is 0.205 e. The number of fused-ring (bicyclic) bond motifs is 2. The van der Waals surface area contributed by atoms with E-state index >= 15 is 0 Å². The zero-order valence-electron chi connectivity index (χ0n) is 23.3. The lowest BCUT2D eigenvalue weighted by Crippen LogP contribution is -2.23. The summed E-state index contributed by atoms with van der Waals surface area (Å²) in [6, 6.07) is 37.0. The second-order valence-electron chi connectivity index (χ2n) is 11.1. The number of ketones is 2. The summed E-state index contributed by atoms with van der Waals surface area (Å²) in [5.74, 6) is 0.339. The fourth-order valence-corrected chi connectivity index (χ4v) is 6.30. The van der Waals surface area contributed by atoms with Gasteiger partial charge in [-0.05, 0) is 40.5 Å². The highest BCUT2D eigenvalue weighted by molar-refractivity contribution is 6.26. The van der Waals surface area contributed by atoms with E-state index in [4.69, 9.17) is 4.42 Å². The first-order valence-electron chi connectivity index (χ1n) is 14.7. The predicted octanol–water partition coefficient (Wildman–Crippen LogP) is 9.46. The zero-order valence-corrected chi connectivity index (χ0v) is 23.3. The summed E-state index contributed by atoms with van der Waals surface area (Å²) in [6.07, 6.45) is 5.44. The summed E-state index contributed by atoms with van der Waals surface area (Å²) in [6.45, 7) is 0.